The molecule has 0 fully saturated rings. The minimum Gasteiger partial charge on any atom is -0.384 e. The van der Waals surface area contributed by atoms with E-state index in [0.29, 0.717) is 11.6 Å². The highest BCUT2D eigenvalue weighted by atomic mass is 35.5. The van der Waals surface area contributed by atoms with Crippen LogP contribution in [0.3, 0.4) is 0 Å². The number of halogens is 1. The normalized spacial score (nSPS) is 12.5. The van der Waals surface area contributed by atoms with Gasteiger partial charge in [0.25, 0.3) is 0 Å². The van der Waals surface area contributed by atoms with Crippen LogP contribution in [0.2, 0.25) is 5.02 Å². The highest BCUT2D eigenvalue weighted by Crippen LogP contribution is 2.20. The van der Waals surface area contributed by atoms with E-state index < -0.39 is 14.6 Å². The summed E-state index contributed by atoms with van der Waals surface area (Å²) in [5, 5.41) is 3.76. The summed E-state index contributed by atoms with van der Waals surface area (Å²) in [7, 11) is -3.09. The van der Waals surface area contributed by atoms with Gasteiger partial charge in [0, 0.05) is 17.3 Å². The van der Waals surface area contributed by atoms with Gasteiger partial charge in [0.2, 0.25) is 0 Å². The van der Waals surface area contributed by atoms with Gasteiger partial charge < -0.3 is 5.32 Å². The smallest absolute Gasteiger partial charge is 0.156 e. The third-order valence-electron chi connectivity index (χ3n) is 2.82. The first-order valence-corrected chi connectivity index (χ1v) is 7.89. The highest BCUT2D eigenvalue weighted by Gasteiger charge is 2.28. The van der Waals surface area contributed by atoms with Gasteiger partial charge in [0.05, 0.1) is 10.5 Å². The van der Waals surface area contributed by atoms with Gasteiger partial charge in [-0.3, -0.25) is 0 Å². The molecular weight excluding hydrogens is 270 g/mol. The van der Waals surface area contributed by atoms with Crippen LogP contribution in [-0.2, 0) is 9.84 Å². The Kier molecular flexibility index (Phi) is 4.67. The Morgan fingerprint density at radius 3 is 2.44 bits per heavy atom. The van der Waals surface area contributed by atoms with Crippen LogP contribution in [0.25, 0.3) is 0 Å². The van der Waals surface area contributed by atoms with Crippen LogP contribution >= 0.6 is 11.6 Å². The first kappa shape index (κ1) is 15.3. The SMILES string of the molecule is Cc1ccc(Cl)cc1NCCS(=O)(=O)C(C)(C)C. The largest absolute Gasteiger partial charge is 0.384 e. The van der Waals surface area contributed by atoms with Gasteiger partial charge in [-0.05, 0) is 45.4 Å². The number of nitrogens with one attached hydrogen (secondary N) is 1. The molecule has 0 saturated heterocycles. The van der Waals surface area contributed by atoms with Gasteiger partial charge in [-0.25, -0.2) is 8.42 Å². The summed E-state index contributed by atoms with van der Waals surface area (Å²) in [6.45, 7) is 7.49. The lowest BCUT2D eigenvalue weighted by Crippen LogP contribution is -2.32. The molecular formula is C13H20ClNO2S. The average molecular weight is 290 g/mol. The van der Waals surface area contributed by atoms with Crippen molar-refractivity contribution in [2.45, 2.75) is 32.4 Å². The number of hydrogen-bond acceptors (Lipinski definition) is 3. The van der Waals surface area contributed by atoms with Crippen molar-refractivity contribution in [1.29, 1.82) is 0 Å². The Bertz CT molecular complexity index is 518. The van der Waals surface area contributed by atoms with Crippen LogP contribution in [0.4, 0.5) is 5.69 Å². The zero-order valence-corrected chi connectivity index (χ0v) is 12.8. The molecule has 1 aromatic carbocycles. The topological polar surface area (TPSA) is 46.2 Å². The molecule has 1 aromatic rings. The van der Waals surface area contributed by atoms with Gasteiger partial charge in [-0.2, -0.15) is 0 Å². The highest BCUT2D eigenvalue weighted by molar-refractivity contribution is 7.92. The Morgan fingerprint density at radius 2 is 1.89 bits per heavy atom. The molecule has 5 heteroatoms. The molecule has 0 saturated carbocycles. The van der Waals surface area contributed by atoms with E-state index in [1.807, 2.05) is 19.1 Å². The number of anilines is 1. The summed E-state index contributed by atoms with van der Waals surface area (Å²) in [6, 6.07) is 5.53. The molecule has 0 bridgehead atoms. The molecule has 0 aliphatic carbocycles. The van der Waals surface area contributed by atoms with Crippen molar-refractivity contribution in [2.75, 3.05) is 17.6 Å². The van der Waals surface area contributed by atoms with Crippen LogP contribution in [0, 0.1) is 6.92 Å². The first-order chi connectivity index (χ1) is 8.13. The van der Waals surface area contributed by atoms with Crippen LogP contribution < -0.4 is 5.32 Å². The van der Waals surface area contributed by atoms with Gasteiger partial charge in [-0.1, -0.05) is 17.7 Å². The van der Waals surface area contributed by atoms with Crippen LogP contribution in [0.1, 0.15) is 26.3 Å². The van der Waals surface area contributed by atoms with E-state index in [0.717, 1.165) is 11.3 Å². The van der Waals surface area contributed by atoms with E-state index in [1.54, 1.807) is 26.8 Å². The number of hydrogen-bond donors (Lipinski definition) is 1. The molecule has 0 aromatic heterocycles. The standard InChI is InChI=1S/C13H20ClNO2S/c1-10-5-6-11(14)9-12(10)15-7-8-18(16,17)13(2,3)4/h5-6,9,15H,7-8H2,1-4H3. The molecule has 3 nitrogen and oxygen atoms in total. The monoisotopic (exact) mass is 289 g/mol. The van der Waals surface area contributed by atoms with Gasteiger partial charge in [-0.15, -0.1) is 0 Å². The van der Waals surface area contributed by atoms with E-state index in [-0.39, 0.29) is 5.75 Å². The summed E-state index contributed by atoms with van der Waals surface area (Å²) >= 11 is 5.90. The molecule has 0 amide bonds. The lowest BCUT2D eigenvalue weighted by molar-refractivity contribution is 0.560. The molecule has 102 valence electrons. The lowest BCUT2D eigenvalue weighted by Gasteiger charge is -2.19. The Hall–Kier alpha value is -0.740. The predicted molar refractivity (Wildman–Crippen MR) is 78.2 cm³/mol. The number of benzene rings is 1. The Labute approximate surface area is 114 Å². The molecule has 0 aliphatic rings. The van der Waals surface area contributed by atoms with E-state index >= 15 is 0 Å². The van der Waals surface area contributed by atoms with E-state index in [2.05, 4.69) is 5.32 Å². The van der Waals surface area contributed by atoms with Crippen molar-refractivity contribution in [1.82, 2.24) is 0 Å². The third-order valence-corrected chi connectivity index (χ3v) is 5.66. The molecule has 1 rings (SSSR count). The molecule has 0 spiro atoms. The first-order valence-electron chi connectivity index (χ1n) is 5.86. The Balaban J connectivity index is 2.65. The molecule has 18 heavy (non-hydrogen) atoms. The fraction of sp³-hybridized carbons (Fsp3) is 0.538. The van der Waals surface area contributed by atoms with Crippen LogP contribution in [0.5, 0.6) is 0 Å². The van der Waals surface area contributed by atoms with Crippen molar-refractivity contribution in [3.05, 3.63) is 28.8 Å². The second-order valence-electron chi connectivity index (χ2n) is 5.32. The summed E-state index contributed by atoms with van der Waals surface area (Å²) in [5.41, 5.74) is 1.93. The summed E-state index contributed by atoms with van der Waals surface area (Å²) in [6.07, 6.45) is 0. The number of aryl methyl sites for hydroxylation is 1. The molecule has 0 atom stereocenters. The van der Waals surface area contributed by atoms with Crippen molar-refractivity contribution in [3.63, 3.8) is 0 Å². The molecule has 1 N–H and O–H groups in total. The second-order valence-corrected chi connectivity index (χ2v) is 8.62. The van der Waals surface area contributed by atoms with E-state index in [1.165, 1.54) is 0 Å². The third kappa shape index (κ3) is 3.89. The second kappa shape index (κ2) is 5.49. The van der Waals surface area contributed by atoms with Gasteiger partial charge >= 0.3 is 0 Å². The average Bonchev–Trinajstić information content (AvgIpc) is 2.21. The zero-order valence-electron chi connectivity index (χ0n) is 11.2. The molecule has 0 aliphatic heterocycles. The van der Waals surface area contributed by atoms with E-state index in [9.17, 15) is 8.42 Å². The molecule has 0 radical (unpaired) electrons. The summed E-state index contributed by atoms with van der Waals surface area (Å²) in [5.74, 6) is 0.114. The maximum absolute atomic E-state index is 11.9. The summed E-state index contributed by atoms with van der Waals surface area (Å²) in [4.78, 5) is 0. The molecule has 0 heterocycles. The van der Waals surface area contributed by atoms with Gasteiger partial charge in [0.1, 0.15) is 0 Å². The Morgan fingerprint density at radius 1 is 1.28 bits per heavy atom. The minimum absolute atomic E-state index is 0.114. The lowest BCUT2D eigenvalue weighted by atomic mass is 10.2. The van der Waals surface area contributed by atoms with Crippen molar-refractivity contribution in [2.24, 2.45) is 0 Å². The fourth-order valence-electron chi connectivity index (χ4n) is 1.41. The number of rotatable bonds is 4. The van der Waals surface area contributed by atoms with Crippen molar-refractivity contribution < 1.29 is 8.42 Å². The quantitative estimate of drug-likeness (QED) is 0.925. The minimum atomic E-state index is -3.09. The van der Waals surface area contributed by atoms with Crippen molar-refractivity contribution in [3.8, 4) is 0 Å². The fourth-order valence-corrected chi connectivity index (χ4v) is 2.57. The van der Waals surface area contributed by atoms with E-state index in [4.69, 9.17) is 11.6 Å². The number of sulfone groups is 1. The van der Waals surface area contributed by atoms with Gasteiger partial charge in [0.15, 0.2) is 9.84 Å². The maximum atomic E-state index is 11.9. The van der Waals surface area contributed by atoms with Crippen molar-refractivity contribution >= 4 is 27.1 Å². The van der Waals surface area contributed by atoms with Crippen LogP contribution in [-0.4, -0.2) is 25.5 Å². The zero-order chi connectivity index (χ0) is 14.0. The maximum Gasteiger partial charge on any atom is 0.156 e. The summed E-state index contributed by atoms with van der Waals surface area (Å²) < 4.78 is 23.1. The van der Waals surface area contributed by atoms with Crippen LogP contribution in [0.15, 0.2) is 18.2 Å². The predicted octanol–water partition coefficient (Wildman–Crippen LogP) is 3.27. The molecule has 0 unspecified atom stereocenters.